The zero-order valence-electron chi connectivity index (χ0n) is 16.8. The predicted octanol–water partition coefficient (Wildman–Crippen LogP) is 3.59. The van der Waals surface area contributed by atoms with Gasteiger partial charge in [-0.15, -0.1) is 0 Å². The molecule has 8 heteroatoms. The molecule has 7 nitrogen and oxygen atoms in total. The largest absolute Gasteiger partial charge is 0.369 e. The molecule has 29 heavy (non-hydrogen) atoms. The van der Waals surface area contributed by atoms with Crippen LogP contribution in [0.15, 0.2) is 47.8 Å². The van der Waals surface area contributed by atoms with Crippen LogP contribution in [0.5, 0.6) is 0 Å². The molecule has 152 valence electrons. The van der Waals surface area contributed by atoms with Gasteiger partial charge in [0.25, 0.3) is 0 Å². The number of hydrogen-bond donors (Lipinski definition) is 2. The maximum atomic E-state index is 12.1. The van der Waals surface area contributed by atoms with Gasteiger partial charge in [-0.2, -0.15) is 5.10 Å². The molecular weight excluding hydrogens is 384 g/mol. The number of nitrogens with zero attached hydrogens (tertiary/aromatic N) is 4. The van der Waals surface area contributed by atoms with Crippen LogP contribution in [-0.4, -0.2) is 44.5 Å². The Balaban J connectivity index is 1.65. The number of benzene rings is 1. The molecule has 2 N–H and O–H groups in total. The highest BCUT2D eigenvalue weighted by molar-refractivity contribution is 7.99. The molecule has 0 bridgehead atoms. The van der Waals surface area contributed by atoms with Crippen molar-refractivity contribution in [1.82, 2.24) is 25.1 Å². The van der Waals surface area contributed by atoms with Gasteiger partial charge >= 0.3 is 0 Å². The summed E-state index contributed by atoms with van der Waals surface area (Å²) < 4.78 is 1.81. The zero-order valence-corrected chi connectivity index (χ0v) is 17.6. The van der Waals surface area contributed by atoms with E-state index in [2.05, 4.69) is 39.5 Å². The summed E-state index contributed by atoms with van der Waals surface area (Å²) >= 11 is 1.60. The molecule has 0 atom stereocenters. The molecule has 1 amide bonds. The van der Waals surface area contributed by atoms with E-state index in [1.165, 1.54) is 0 Å². The molecule has 2 aromatic heterocycles. The lowest BCUT2D eigenvalue weighted by molar-refractivity contribution is -0.116. The minimum atomic E-state index is -0.132. The molecule has 3 rings (SSSR count). The molecular formula is C21H26N6OS. The smallest absolute Gasteiger partial charge is 0.244 e. The van der Waals surface area contributed by atoms with E-state index in [0.717, 1.165) is 46.3 Å². The van der Waals surface area contributed by atoms with Crippen molar-refractivity contribution >= 4 is 40.6 Å². The first-order valence-electron chi connectivity index (χ1n) is 9.82. The summed E-state index contributed by atoms with van der Waals surface area (Å²) in [7, 11) is 0. The second kappa shape index (κ2) is 10.6. The number of thioether (sulfide) groups is 1. The van der Waals surface area contributed by atoms with Gasteiger partial charge in [0.15, 0.2) is 10.8 Å². The molecule has 1 aromatic carbocycles. The van der Waals surface area contributed by atoms with Gasteiger partial charge in [0.05, 0.1) is 18.1 Å². The third-order valence-electron chi connectivity index (χ3n) is 4.14. The Bertz CT molecular complexity index is 970. The van der Waals surface area contributed by atoms with E-state index >= 15 is 0 Å². The predicted molar refractivity (Wildman–Crippen MR) is 119 cm³/mol. The van der Waals surface area contributed by atoms with Gasteiger partial charge in [-0.25, -0.2) is 14.6 Å². The normalized spacial score (nSPS) is 11.2. The zero-order chi connectivity index (χ0) is 20.5. The number of anilines is 1. The van der Waals surface area contributed by atoms with Crippen molar-refractivity contribution in [1.29, 1.82) is 0 Å². The lowest BCUT2D eigenvalue weighted by Gasteiger charge is -2.09. The molecule has 0 radical (unpaired) electrons. The van der Waals surface area contributed by atoms with Gasteiger partial charge < -0.3 is 10.6 Å². The molecule has 0 aliphatic rings. The summed E-state index contributed by atoms with van der Waals surface area (Å²) in [6, 6.07) is 9.74. The fraction of sp³-hybridized carbons (Fsp3) is 0.333. The molecule has 2 heterocycles. The first-order chi connectivity index (χ1) is 14.2. The third-order valence-corrected chi connectivity index (χ3v) is 4.87. The number of rotatable bonds is 10. The molecule has 0 aliphatic carbocycles. The number of fused-ring (bicyclic) bond motifs is 1. The summed E-state index contributed by atoms with van der Waals surface area (Å²) in [4.78, 5) is 21.3. The number of carbonyl (C=O) groups excluding carboxylic acids is 1. The van der Waals surface area contributed by atoms with Crippen molar-refractivity contribution in [3.8, 4) is 0 Å². The highest BCUT2D eigenvalue weighted by Gasteiger charge is 2.13. The summed E-state index contributed by atoms with van der Waals surface area (Å²) in [5, 5.41) is 12.3. The van der Waals surface area contributed by atoms with Crippen LogP contribution in [0.25, 0.3) is 17.1 Å². The number of carbonyl (C=O) groups is 1. The second-order valence-electron chi connectivity index (χ2n) is 6.35. The Hall–Kier alpha value is -2.87. The molecule has 0 aliphatic heterocycles. The first-order valence-corrected chi connectivity index (χ1v) is 10.8. The average molecular weight is 411 g/mol. The van der Waals surface area contributed by atoms with E-state index < -0.39 is 0 Å². The summed E-state index contributed by atoms with van der Waals surface area (Å²) in [5.41, 5.74) is 1.77. The number of amides is 1. The second-order valence-corrected chi connectivity index (χ2v) is 7.59. The number of aromatic nitrogens is 4. The van der Waals surface area contributed by atoms with E-state index in [0.29, 0.717) is 13.1 Å². The van der Waals surface area contributed by atoms with Gasteiger partial charge in [0.1, 0.15) is 5.82 Å². The SMILES string of the molecule is CCCNc1nc(SCC)nc2c1cnn2CCNC(=O)C=Cc1ccccc1. The van der Waals surface area contributed by atoms with Crippen LogP contribution in [0, 0.1) is 0 Å². The Morgan fingerprint density at radius 2 is 2.00 bits per heavy atom. The highest BCUT2D eigenvalue weighted by Crippen LogP contribution is 2.24. The Morgan fingerprint density at radius 1 is 1.17 bits per heavy atom. The van der Waals surface area contributed by atoms with Gasteiger partial charge in [0.2, 0.25) is 5.91 Å². The van der Waals surface area contributed by atoms with Gasteiger partial charge in [-0.05, 0) is 23.8 Å². The minimum Gasteiger partial charge on any atom is -0.369 e. The monoisotopic (exact) mass is 410 g/mol. The van der Waals surface area contributed by atoms with Crippen molar-refractivity contribution in [3.63, 3.8) is 0 Å². The summed E-state index contributed by atoms with van der Waals surface area (Å²) in [6.07, 6.45) is 6.14. The molecule has 0 fully saturated rings. The van der Waals surface area contributed by atoms with Crippen molar-refractivity contribution in [2.75, 3.05) is 24.2 Å². The Kier molecular flexibility index (Phi) is 7.63. The lowest BCUT2D eigenvalue weighted by Crippen LogP contribution is -2.25. The number of hydrogen-bond acceptors (Lipinski definition) is 6. The van der Waals surface area contributed by atoms with Crippen molar-refractivity contribution in [2.45, 2.75) is 32.0 Å². The van der Waals surface area contributed by atoms with E-state index in [1.807, 2.05) is 35.0 Å². The van der Waals surface area contributed by atoms with Crippen LogP contribution in [0.4, 0.5) is 5.82 Å². The first kappa shape index (κ1) is 20.9. The molecule has 0 unspecified atom stereocenters. The fourth-order valence-corrected chi connectivity index (χ4v) is 3.32. The molecule has 0 saturated carbocycles. The quantitative estimate of drug-likeness (QED) is 0.302. The van der Waals surface area contributed by atoms with Crippen molar-refractivity contribution < 1.29 is 4.79 Å². The Labute approximate surface area is 175 Å². The molecule has 0 saturated heterocycles. The molecule has 0 spiro atoms. The van der Waals surface area contributed by atoms with Gasteiger partial charge in [0, 0.05) is 19.2 Å². The maximum absolute atomic E-state index is 12.1. The molecule has 3 aromatic rings. The number of nitrogens with one attached hydrogen (secondary N) is 2. The summed E-state index contributed by atoms with van der Waals surface area (Å²) in [6.45, 7) is 6.04. The van der Waals surface area contributed by atoms with E-state index in [4.69, 9.17) is 0 Å². The fourth-order valence-electron chi connectivity index (χ4n) is 2.75. The summed E-state index contributed by atoms with van der Waals surface area (Å²) in [5.74, 6) is 1.58. The van der Waals surface area contributed by atoms with Crippen molar-refractivity contribution in [2.24, 2.45) is 0 Å². The van der Waals surface area contributed by atoms with Crippen LogP contribution >= 0.6 is 11.8 Å². The van der Waals surface area contributed by atoms with Crippen molar-refractivity contribution in [3.05, 3.63) is 48.2 Å². The minimum absolute atomic E-state index is 0.132. The standard InChI is InChI=1S/C21H26N6OS/c1-3-12-23-19-17-15-24-27(20(17)26-21(25-19)29-4-2)14-13-22-18(28)11-10-16-8-6-5-7-9-16/h5-11,15H,3-4,12-14H2,1-2H3,(H,22,28)(H,23,25,26). The van der Waals surface area contributed by atoms with Crippen LogP contribution in [0.2, 0.25) is 0 Å². The van der Waals surface area contributed by atoms with E-state index in [1.54, 1.807) is 30.1 Å². The van der Waals surface area contributed by atoms with Crippen LogP contribution in [0.3, 0.4) is 0 Å². The van der Waals surface area contributed by atoms with Gasteiger partial charge in [-0.3, -0.25) is 4.79 Å². The van der Waals surface area contributed by atoms with Gasteiger partial charge in [-0.1, -0.05) is 55.9 Å². The van der Waals surface area contributed by atoms with E-state index in [9.17, 15) is 4.79 Å². The van der Waals surface area contributed by atoms with Crippen LogP contribution < -0.4 is 10.6 Å². The topological polar surface area (TPSA) is 84.7 Å². The maximum Gasteiger partial charge on any atom is 0.244 e. The lowest BCUT2D eigenvalue weighted by atomic mass is 10.2. The average Bonchev–Trinajstić information content (AvgIpc) is 3.14. The highest BCUT2D eigenvalue weighted by atomic mass is 32.2. The van der Waals surface area contributed by atoms with E-state index in [-0.39, 0.29) is 5.91 Å². The Morgan fingerprint density at radius 3 is 2.76 bits per heavy atom. The van der Waals surface area contributed by atoms with Crippen LogP contribution in [-0.2, 0) is 11.3 Å². The van der Waals surface area contributed by atoms with Crippen LogP contribution in [0.1, 0.15) is 25.8 Å². The third kappa shape index (κ3) is 5.80.